The molecule has 0 radical (unpaired) electrons. The molecule has 0 fully saturated rings. The standard InChI is InChI=1S/C11H19N5O7/c12-4(3-17)9(20)15-5(1-7(13)18)10(21)16-6(11(22)23)2-8(14)19/h4-6,17H,1-3,12H2,(H2,13,18)(H2,14,19)(H,15,20)(H,16,21)(H,22,23)/t4-,5-,6-/m0/s1. The van der Waals surface area contributed by atoms with Gasteiger partial charge in [-0.05, 0) is 0 Å². The lowest BCUT2D eigenvalue weighted by atomic mass is 10.1. The van der Waals surface area contributed by atoms with E-state index in [1.807, 2.05) is 5.32 Å². The predicted octanol–water partition coefficient (Wildman–Crippen LogP) is -4.89. The Morgan fingerprint density at radius 1 is 0.870 bits per heavy atom. The first-order valence-corrected chi connectivity index (χ1v) is 6.35. The van der Waals surface area contributed by atoms with Gasteiger partial charge in [0.1, 0.15) is 18.1 Å². The molecule has 0 unspecified atom stereocenters. The summed E-state index contributed by atoms with van der Waals surface area (Å²) in [4.78, 5) is 56.2. The van der Waals surface area contributed by atoms with Crippen molar-refractivity contribution in [2.24, 2.45) is 17.2 Å². The Morgan fingerprint density at radius 3 is 1.70 bits per heavy atom. The van der Waals surface area contributed by atoms with E-state index < -0.39 is 67.2 Å². The number of hydrogen-bond acceptors (Lipinski definition) is 7. The Hall–Kier alpha value is -2.73. The first-order chi connectivity index (χ1) is 10.6. The van der Waals surface area contributed by atoms with E-state index in [0.29, 0.717) is 0 Å². The second-order valence-electron chi connectivity index (χ2n) is 4.59. The summed E-state index contributed by atoms with van der Waals surface area (Å²) in [5.74, 6) is -5.49. The molecule has 12 heteroatoms. The number of aliphatic hydroxyl groups is 1. The molecule has 0 aliphatic rings. The highest BCUT2D eigenvalue weighted by Gasteiger charge is 2.29. The number of carboxylic acids is 1. The van der Waals surface area contributed by atoms with Crippen LogP contribution in [0.1, 0.15) is 12.8 Å². The van der Waals surface area contributed by atoms with Gasteiger partial charge in [0.05, 0.1) is 19.4 Å². The molecule has 23 heavy (non-hydrogen) atoms. The van der Waals surface area contributed by atoms with Crippen LogP contribution in [0.5, 0.6) is 0 Å². The van der Waals surface area contributed by atoms with Crippen molar-refractivity contribution in [1.29, 1.82) is 0 Å². The zero-order valence-corrected chi connectivity index (χ0v) is 12.0. The van der Waals surface area contributed by atoms with Gasteiger partial charge in [0.25, 0.3) is 0 Å². The third-order valence-electron chi connectivity index (χ3n) is 2.59. The first-order valence-electron chi connectivity index (χ1n) is 6.35. The molecular weight excluding hydrogens is 314 g/mol. The number of aliphatic carboxylic acids is 1. The highest BCUT2D eigenvalue weighted by Crippen LogP contribution is 1.98. The Morgan fingerprint density at radius 2 is 1.30 bits per heavy atom. The third-order valence-corrected chi connectivity index (χ3v) is 2.59. The predicted molar refractivity (Wildman–Crippen MR) is 74.2 cm³/mol. The van der Waals surface area contributed by atoms with Gasteiger partial charge in [-0.3, -0.25) is 19.2 Å². The Bertz CT molecular complexity index is 495. The number of nitrogens with two attached hydrogens (primary N) is 3. The number of rotatable bonds is 10. The number of carboxylic acid groups (broad SMARTS) is 1. The summed E-state index contributed by atoms with van der Waals surface area (Å²) in [6.45, 7) is -0.712. The molecule has 4 amide bonds. The Labute approximate surface area is 130 Å². The summed E-state index contributed by atoms with van der Waals surface area (Å²) in [6, 6.07) is -4.51. The number of carbonyl (C=O) groups excluding carboxylic acids is 4. The number of amides is 4. The van der Waals surface area contributed by atoms with Crippen LogP contribution in [0.15, 0.2) is 0 Å². The van der Waals surface area contributed by atoms with Gasteiger partial charge in [0, 0.05) is 0 Å². The van der Waals surface area contributed by atoms with Crippen molar-refractivity contribution in [3.63, 3.8) is 0 Å². The molecule has 0 bridgehead atoms. The SMILES string of the molecule is NC(=O)C[C@H](NC(=O)[C@H](CC(N)=O)NC(=O)[C@@H](N)CO)C(=O)O. The van der Waals surface area contributed by atoms with Gasteiger partial charge in [-0.2, -0.15) is 0 Å². The molecule has 0 rings (SSSR count). The van der Waals surface area contributed by atoms with E-state index >= 15 is 0 Å². The molecule has 0 saturated heterocycles. The van der Waals surface area contributed by atoms with E-state index in [1.54, 1.807) is 0 Å². The van der Waals surface area contributed by atoms with Crippen LogP contribution in [0.25, 0.3) is 0 Å². The van der Waals surface area contributed by atoms with Crippen LogP contribution in [0.2, 0.25) is 0 Å². The molecule has 130 valence electrons. The van der Waals surface area contributed by atoms with Crippen LogP contribution in [-0.4, -0.2) is 64.5 Å². The molecule has 0 aromatic rings. The monoisotopic (exact) mass is 333 g/mol. The minimum atomic E-state index is -1.64. The number of hydrogen-bond donors (Lipinski definition) is 7. The lowest BCUT2D eigenvalue weighted by Gasteiger charge is -2.21. The van der Waals surface area contributed by atoms with Crippen LogP contribution < -0.4 is 27.8 Å². The summed E-state index contributed by atoms with van der Waals surface area (Å²) in [5, 5.41) is 21.6. The zero-order valence-electron chi connectivity index (χ0n) is 12.0. The summed E-state index contributed by atoms with van der Waals surface area (Å²) in [5.41, 5.74) is 15.1. The van der Waals surface area contributed by atoms with Gasteiger partial charge in [0.15, 0.2) is 0 Å². The van der Waals surface area contributed by atoms with Gasteiger partial charge < -0.3 is 38.0 Å². The van der Waals surface area contributed by atoms with Crippen LogP contribution in [0, 0.1) is 0 Å². The summed E-state index contributed by atoms with van der Waals surface area (Å²) < 4.78 is 0. The molecule has 0 aromatic heterocycles. The van der Waals surface area contributed by atoms with Gasteiger partial charge in [-0.1, -0.05) is 0 Å². The number of aliphatic hydroxyl groups excluding tert-OH is 1. The fraction of sp³-hybridized carbons (Fsp3) is 0.545. The van der Waals surface area contributed by atoms with Gasteiger partial charge in [0.2, 0.25) is 23.6 Å². The molecule has 12 nitrogen and oxygen atoms in total. The maximum absolute atomic E-state index is 12.0. The smallest absolute Gasteiger partial charge is 0.326 e. The maximum Gasteiger partial charge on any atom is 0.326 e. The fourth-order valence-corrected chi connectivity index (χ4v) is 1.45. The summed E-state index contributed by atoms with van der Waals surface area (Å²) in [7, 11) is 0. The molecule has 0 aromatic carbocycles. The van der Waals surface area contributed by atoms with Crippen molar-refractivity contribution < 1.29 is 34.2 Å². The lowest BCUT2D eigenvalue weighted by molar-refractivity contribution is -0.143. The van der Waals surface area contributed by atoms with Gasteiger partial charge in [-0.15, -0.1) is 0 Å². The molecule has 3 atom stereocenters. The maximum atomic E-state index is 12.0. The molecule has 0 aliphatic carbocycles. The van der Waals surface area contributed by atoms with E-state index in [0.717, 1.165) is 0 Å². The summed E-state index contributed by atoms with van der Waals surface area (Å²) >= 11 is 0. The van der Waals surface area contributed by atoms with Crippen LogP contribution in [0.4, 0.5) is 0 Å². The number of primary amides is 2. The van der Waals surface area contributed by atoms with Crippen molar-refractivity contribution in [1.82, 2.24) is 10.6 Å². The quantitative estimate of drug-likeness (QED) is 0.204. The van der Waals surface area contributed by atoms with Crippen molar-refractivity contribution in [3.05, 3.63) is 0 Å². The highest BCUT2D eigenvalue weighted by atomic mass is 16.4. The Balaban J connectivity index is 5.04. The summed E-state index contributed by atoms with van der Waals surface area (Å²) in [6.07, 6.45) is -1.33. The molecule has 0 spiro atoms. The van der Waals surface area contributed by atoms with Crippen LogP contribution >= 0.6 is 0 Å². The van der Waals surface area contributed by atoms with Crippen LogP contribution in [0.3, 0.4) is 0 Å². The minimum Gasteiger partial charge on any atom is -0.480 e. The average Bonchev–Trinajstić information content (AvgIpc) is 2.43. The fourth-order valence-electron chi connectivity index (χ4n) is 1.45. The highest BCUT2D eigenvalue weighted by molar-refractivity contribution is 5.95. The largest absolute Gasteiger partial charge is 0.480 e. The second kappa shape index (κ2) is 9.32. The normalized spacial score (nSPS) is 14.2. The van der Waals surface area contributed by atoms with Crippen molar-refractivity contribution >= 4 is 29.6 Å². The third kappa shape index (κ3) is 7.73. The number of nitrogens with one attached hydrogen (secondary N) is 2. The lowest BCUT2D eigenvalue weighted by Crippen LogP contribution is -2.56. The second-order valence-corrected chi connectivity index (χ2v) is 4.59. The Kier molecular flexibility index (Phi) is 8.21. The minimum absolute atomic E-state index is 0.640. The van der Waals surface area contributed by atoms with Gasteiger partial charge >= 0.3 is 5.97 Å². The van der Waals surface area contributed by atoms with Crippen LogP contribution in [-0.2, 0) is 24.0 Å². The zero-order chi connectivity index (χ0) is 18.2. The topological polar surface area (TPSA) is 228 Å². The number of carbonyl (C=O) groups is 5. The molecular formula is C11H19N5O7. The van der Waals surface area contributed by atoms with Crippen molar-refractivity contribution in [2.75, 3.05) is 6.61 Å². The van der Waals surface area contributed by atoms with Crippen molar-refractivity contribution in [2.45, 2.75) is 31.0 Å². The van der Waals surface area contributed by atoms with E-state index in [2.05, 4.69) is 5.32 Å². The molecule has 0 aliphatic heterocycles. The molecule has 0 saturated carbocycles. The molecule has 0 heterocycles. The molecule has 10 N–H and O–H groups in total. The first kappa shape index (κ1) is 20.3. The van der Waals surface area contributed by atoms with Gasteiger partial charge in [-0.25, -0.2) is 4.79 Å². The van der Waals surface area contributed by atoms with E-state index in [9.17, 15) is 24.0 Å². The van der Waals surface area contributed by atoms with E-state index in [-0.39, 0.29) is 0 Å². The van der Waals surface area contributed by atoms with E-state index in [1.165, 1.54) is 0 Å². The van der Waals surface area contributed by atoms with Crippen molar-refractivity contribution in [3.8, 4) is 0 Å². The van der Waals surface area contributed by atoms with E-state index in [4.69, 9.17) is 27.4 Å². The average molecular weight is 333 g/mol.